The van der Waals surface area contributed by atoms with E-state index in [-0.39, 0.29) is 24.1 Å². The van der Waals surface area contributed by atoms with Crippen LogP contribution in [-0.2, 0) is 28.3 Å². The quantitative estimate of drug-likeness (QED) is 0.374. The first-order valence-electron chi connectivity index (χ1n) is 11.5. The van der Waals surface area contributed by atoms with Crippen molar-refractivity contribution in [1.29, 1.82) is 0 Å². The van der Waals surface area contributed by atoms with Crippen LogP contribution < -0.4 is 5.32 Å². The maximum absolute atomic E-state index is 13.5. The predicted molar refractivity (Wildman–Crippen MR) is 142 cm³/mol. The van der Waals surface area contributed by atoms with Crippen LogP contribution in [0.1, 0.15) is 29.2 Å². The fourth-order valence-corrected chi connectivity index (χ4v) is 4.75. The molecule has 0 unspecified atom stereocenters. The molecule has 2 amide bonds. The Balaban J connectivity index is 1.82. The number of amides is 2. The van der Waals surface area contributed by atoms with Crippen molar-refractivity contribution in [1.82, 2.24) is 10.2 Å². The third-order valence-electron chi connectivity index (χ3n) is 5.54. The average molecular weight is 495 g/mol. The maximum Gasteiger partial charge on any atom is 0.243 e. The topological polar surface area (TPSA) is 49.4 Å². The Morgan fingerprint density at radius 2 is 1.62 bits per heavy atom. The van der Waals surface area contributed by atoms with E-state index in [1.807, 2.05) is 61.5 Å². The van der Waals surface area contributed by atoms with Gasteiger partial charge in [-0.25, -0.2) is 0 Å². The summed E-state index contributed by atoms with van der Waals surface area (Å²) in [5, 5.41) is 3.50. The van der Waals surface area contributed by atoms with Crippen molar-refractivity contribution < 1.29 is 9.59 Å². The molecule has 1 N–H and O–H groups in total. The Kier molecular flexibility index (Phi) is 10.0. The standard InChI is InChI=1S/C28H31ClN2O2S/c1-3-30-28(33)26(17-22-9-5-4-6-10-22)31(18-24-11-7-8-12-25(24)29)27(32)20-34-19-23-15-13-21(2)14-16-23/h4-16,26H,3,17-20H2,1-2H3,(H,30,33)/t26-/m1/s1. The second-order valence-corrected chi connectivity index (χ2v) is 9.58. The van der Waals surface area contributed by atoms with Gasteiger partial charge in [-0.1, -0.05) is 90.0 Å². The number of thioether (sulfide) groups is 1. The van der Waals surface area contributed by atoms with Gasteiger partial charge >= 0.3 is 0 Å². The van der Waals surface area contributed by atoms with Crippen LogP contribution in [0.4, 0.5) is 0 Å². The Hall–Kier alpha value is -2.76. The fourth-order valence-electron chi connectivity index (χ4n) is 3.68. The lowest BCUT2D eigenvalue weighted by Crippen LogP contribution is -2.51. The molecule has 0 saturated carbocycles. The van der Waals surface area contributed by atoms with Crippen molar-refractivity contribution in [3.8, 4) is 0 Å². The van der Waals surface area contributed by atoms with Crippen LogP contribution in [0.15, 0.2) is 78.9 Å². The van der Waals surface area contributed by atoms with Gasteiger partial charge in [-0.3, -0.25) is 9.59 Å². The lowest BCUT2D eigenvalue weighted by molar-refractivity contribution is -0.139. The number of hydrogen-bond acceptors (Lipinski definition) is 3. The highest BCUT2D eigenvalue weighted by atomic mass is 35.5. The van der Waals surface area contributed by atoms with Crippen LogP contribution in [0.2, 0.25) is 5.02 Å². The molecule has 0 heterocycles. The Morgan fingerprint density at radius 3 is 2.29 bits per heavy atom. The zero-order chi connectivity index (χ0) is 24.3. The van der Waals surface area contributed by atoms with Crippen LogP contribution in [0, 0.1) is 6.92 Å². The van der Waals surface area contributed by atoms with Gasteiger partial charge in [-0.2, -0.15) is 0 Å². The molecule has 0 aliphatic rings. The molecular formula is C28H31ClN2O2S. The van der Waals surface area contributed by atoms with Gasteiger partial charge < -0.3 is 10.2 Å². The van der Waals surface area contributed by atoms with Gasteiger partial charge in [-0.15, -0.1) is 11.8 Å². The van der Waals surface area contributed by atoms with Crippen molar-refractivity contribution in [2.24, 2.45) is 0 Å². The molecule has 178 valence electrons. The minimum Gasteiger partial charge on any atom is -0.355 e. The van der Waals surface area contributed by atoms with Crippen LogP contribution in [0.25, 0.3) is 0 Å². The maximum atomic E-state index is 13.5. The Bertz CT molecular complexity index is 1070. The predicted octanol–water partition coefficient (Wildman–Crippen LogP) is 5.66. The highest BCUT2D eigenvalue weighted by molar-refractivity contribution is 7.99. The van der Waals surface area contributed by atoms with Crippen molar-refractivity contribution >= 4 is 35.2 Å². The Labute approximate surface area is 211 Å². The highest BCUT2D eigenvalue weighted by Crippen LogP contribution is 2.22. The molecule has 0 aromatic heterocycles. The number of carbonyl (C=O) groups excluding carboxylic acids is 2. The smallest absolute Gasteiger partial charge is 0.243 e. The molecule has 4 nitrogen and oxygen atoms in total. The van der Waals surface area contributed by atoms with E-state index in [1.165, 1.54) is 11.1 Å². The largest absolute Gasteiger partial charge is 0.355 e. The van der Waals surface area contributed by atoms with Gasteiger partial charge in [0.2, 0.25) is 11.8 Å². The lowest BCUT2D eigenvalue weighted by atomic mass is 10.0. The number of rotatable bonds is 11. The first-order chi connectivity index (χ1) is 16.5. The molecule has 0 saturated heterocycles. The van der Waals surface area contributed by atoms with E-state index in [0.717, 1.165) is 16.9 Å². The van der Waals surface area contributed by atoms with Crippen LogP contribution in [0.3, 0.4) is 0 Å². The molecule has 0 aliphatic heterocycles. The SMILES string of the molecule is CCNC(=O)[C@@H](Cc1ccccc1)N(Cc1ccccc1Cl)C(=O)CSCc1ccc(C)cc1. The minimum absolute atomic E-state index is 0.0794. The third-order valence-corrected chi connectivity index (χ3v) is 6.89. The van der Waals surface area contributed by atoms with Crippen LogP contribution in [0.5, 0.6) is 0 Å². The van der Waals surface area contributed by atoms with Crippen LogP contribution in [-0.4, -0.2) is 35.1 Å². The number of benzene rings is 3. The van der Waals surface area contributed by atoms with E-state index in [1.54, 1.807) is 16.7 Å². The lowest BCUT2D eigenvalue weighted by Gasteiger charge is -2.31. The normalized spacial score (nSPS) is 11.6. The van der Waals surface area contributed by atoms with Gasteiger partial charge in [0, 0.05) is 30.3 Å². The molecule has 3 aromatic carbocycles. The van der Waals surface area contributed by atoms with E-state index in [0.29, 0.717) is 18.0 Å². The van der Waals surface area contributed by atoms with Gasteiger partial charge in [0.15, 0.2) is 0 Å². The van der Waals surface area contributed by atoms with Crippen molar-refractivity contribution in [2.75, 3.05) is 12.3 Å². The second-order valence-electron chi connectivity index (χ2n) is 8.19. The van der Waals surface area contributed by atoms with E-state index in [4.69, 9.17) is 11.6 Å². The van der Waals surface area contributed by atoms with E-state index in [9.17, 15) is 9.59 Å². The molecule has 6 heteroatoms. The molecular weight excluding hydrogens is 464 g/mol. The summed E-state index contributed by atoms with van der Waals surface area (Å²) in [6.07, 6.45) is 0.436. The van der Waals surface area contributed by atoms with Crippen molar-refractivity contribution in [2.45, 2.75) is 38.6 Å². The summed E-state index contributed by atoms with van der Waals surface area (Å²) in [6.45, 7) is 4.72. The second kappa shape index (κ2) is 13.2. The van der Waals surface area contributed by atoms with Gasteiger partial charge in [-0.05, 0) is 36.6 Å². The summed E-state index contributed by atoms with van der Waals surface area (Å²) in [7, 11) is 0. The molecule has 0 aliphatic carbocycles. The number of nitrogens with one attached hydrogen (secondary N) is 1. The van der Waals surface area contributed by atoms with E-state index < -0.39 is 6.04 Å². The highest BCUT2D eigenvalue weighted by Gasteiger charge is 2.30. The van der Waals surface area contributed by atoms with Gasteiger partial charge in [0.25, 0.3) is 0 Å². The van der Waals surface area contributed by atoms with E-state index >= 15 is 0 Å². The zero-order valence-electron chi connectivity index (χ0n) is 19.7. The number of likely N-dealkylation sites (N-methyl/N-ethyl adjacent to an activating group) is 1. The molecule has 0 bridgehead atoms. The summed E-state index contributed by atoms with van der Waals surface area (Å²) in [6, 6.07) is 25.0. The molecule has 0 fully saturated rings. The van der Waals surface area contributed by atoms with E-state index in [2.05, 4.69) is 36.5 Å². The number of hydrogen-bond donors (Lipinski definition) is 1. The number of aryl methyl sites for hydroxylation is 1. The fraction of sp³-hybridized carbons (Fsp3) is 0.286. The Morgan fingerprint density at radius 1 is 0.941 bits per heavy atom. The monoisotopic (exact) mass is 494 g/mol. The molecule has 0 radical (unpaired) electrons. The number of carbonyl (C=O) groups is 2. The summed E-state index contributed by atoms with van der Waals surface area (Å²) in [5.74, 6) is 0.777. The molecule has 1 atom stereocenters. The summed E-state index contributed by atoms with van der Waals surface area (Å²) in [4.78, 5) is 28.4. The first kappa shape index (κ1) is 25.9. The zero-order valence-corrected chi connectivity index (χ0v) is 21.2. The summed E-state index contributed by atoms with van der Waals surface area (Å²) < 4.78 is 0. The van der Waals surface area contributed by atoms with Crippen LogP contribution >= 0.6 is 23.4 Å². The molecule has 3 rings (SSSR count). The number of nitrogens with zero attached hydrogens (tertiary/aromatic N) is 1. The van der Waals surface area contributed by atoms with Gasteiger partial charge in [0.05, 0.1) is 5.75 Å². The first-order valence-corrected chi connectivity index (χ1v) is 13.0. The minimum atomic E-state index is -0.633. The van der Waals surface area contributed by atoms with Gasteiger partial charge in [0.1, 0.15) is 6.04 Å². The molecule has 0 spiro atoms. The van der Waals surface area contributed by atoms with Crippen molar-refractivity contribution in [3.05, 3.63) is 106 Å². The number of halogens is 1. The summed E-state index contributed by atoms with van der Waals surface area (Å²) in [5.41, 5.74) is 4.21. The third kappa shape index (κ3) is 7.64. The molecule has 3 aromatic rings. The summed E-state index contributed by atoms with van der Waals surface area (Å²) >= 11 is 7.99. The van der Waals surface area contributed by atoms with Crippen molar-refractivity contribution in [3.63, 3.8) is 0 Å². The molecule has 34 heavy (non-hydrogen) atoms. The average Bonchev–Trinajstić information content (AvgIpc) is 2.84.